The van der Waals surface area contributed by atoms with E-state index in [2.05, 4.69) is 5.32 Å². The number of ether oxygens (including phenoxy) is 1. The van der Waals surface area contributed by atoms with Crippen molar-refractivity contribution in [2.45, 2.75) is 18.1 Å². The number of hydrogen-bond acceptors (Lipinski definition) is 4. The van der Waals surface area contributed by atoms with Crippen molar-refractivity contribution in [3.8, 4) is 11.5 Å². The standard InChI is InChI=1S/C11H13NO3/c13-7-2-1-3-9-10(7)8(14)4-11(15-9)5-12-6-11/h1-3,8,12-14H,4-6H2/t8-/m0/s1. The summed E-state index contributed by atoms with van der Waals surface area (Å²) in [7, 11) is 0. The molecule has 4 heteroatoms. The summed E-state index contributed by atoms with van der Waals surface area (Å²) < 4.78 is 5.82. The van der Waals surface area contributed by atoms with Crippen LogP contribution >= 0.6 is 0 Å². The fraction of sp³-hybridized carbons (Fsp3) is 0.455. The number of rotatable bonds is 0. The number of aromatic hydroxyl groups is 1. The van der Waals surface area contributed by atoms with E-state index in [1.807, 2.05) is 0 Å². The lowest BCUT2D eigenvalue weighted by Crippen LogP contribution is -2.64. The zero-order valence-corrected chi connectivity index (χ0v) is 8.23. The molecule has 2 aliphatic rings. The monoisotopic (exact) mass is 207 g/mol. The molecule has 2 heterocycles. The summed E-state index contributed by atoms with van der Waals surface area (Å²) in [5.41, 5.74) is 0.259. The molecule has 2 aliphatic heterocycles. The van der Waals surface area contributed by atoms with Crippen molar-refractivity contribution in [3.05, 3.63) is 23.8 Å². The van der Waals surface area contributed by atoms with Crippen LogP contribution in [0.15, 0.2) is 18.2 Å². The lowest BCUT2D eigenvalue weighted by molar-refractivity contribution is -0.0490. The Labute approximate surface area is 87.5 Å². The van der Waals surface area contributed by atoms with Crippen LogP contribution in [0.1, 0.15) is 18.1 Å². The van der Waals surface area contributed by atoms with E-state index in [-0.39, 0.29) is 11.4 Å². The second kappa shape index (κ2) is 2.87. The summed E-state index contributed by atoms with van der Waals surface area (Å²) in [5, 5.41) is 22.7. The highest BCUT2D eigenvalue weighted by molar-refractivity contribution is 5.47. The van der Waals surface area contributed by atoms with Crippen LogP contribution in [0, 0.1) is 0 Å². The number of aliphatic hydroxyl groups is 1. The van der Waals surface area contributed by atoms with Gasteiger partial charge in [0, 0.05) is 19.5 Å². The number of fused-ring (bicyclic) bond motifs is 1. The predicted octanol–water partition coefficient (Wildman–Crippen LogP) is 0.550. The van der Waals surface area contributed by atoms with Crippen molar-refractivity contribution >= 4 is 0 Å². The maximum absolute atomic E-state index is 9.98. The van der Waals surface area contributed by atoms with Crippen LogP contribution in [0.5, 0.6) is 11.5 Å². The molecule has 0 amide bonds. The van der Waals surface area contributed by atoms with Gasteiger partial charge < -0.3 is 20.3 Å². The third kappa shape index (κ3) is 1.22. The Kier molecular flexibility index (Phi) is 1.72. The third-order valence-electron chi connectivity index (χ3n) is 3.16. The van der Waals surface area contributed by atoms with Crippen LogP contribution in [0.25, 0.3) is 0 Å². The summed E-state index contributed by atoms with van der Waals surface area (Å²) in [6, 6.07) is 5.09. The van der Waals surface area contributed by atoms with Gasteiger partial charge in [0.1, 0.15) is 17.1 Å². The number of phenolic OH excluding ortho intramolecular Hbond substituents is 1. The molecule has 0 bridgehead atoms. The van der Waals surface area contributed by atoms with Gasteiger partial charge >= 0.3 is 0 Å². The molecule has 1 fully saturated rings. The lowest BCUT2D eigenvalue weighted by Gasteiger charge is -2.47. The SMILES string of the molecule is Oc1cccc2c1[C@@H](O)CC1(CNC1)O2. The largest absolute Gasteiger partial charge is 0.507 e. The van der Waals surface area contributed by atoms with Crippen molar-refractivity contribution < 1.29 is 14.9 Å². The molecule has 4 nitrogen and oxygen atoms in total. The molecule has 0 unspecified atom stereocenters. The first kappa shape index (κ1) is 9.00. The molecule has 80 valence electrons. The molecule has 0 radical (unpaired) electrons. The number of phenols is 1. The van der Waals surface area contributed by atoms with Crippen LogP contribution < -0.4 is 10.1 Å². The first-order valence-corrected chi connectivity index (χ1v) is 5.10. The van der Waals surface area contributed by atoms with E-state index in [9.17, 15) is 10.2 Å². The summed E-state index contributed by atoms with van der Waals surface area (Å²) in [6.07, 6.45) is -0.0815. The fourth-order valence-corrected chi connectivity index (χ4v) is 2.31. The van der Waals surface area contributed by atoms with Crippen LogP contribution in [0.3, 0.4) is 0 Å². The van der Waals surface area contributed by atoms with Crippen molar-refractivity contribution in [3.63, 3.8) is 0 Å². The highest BCUT2D eigenvalue weighted by Crippen LogP contribution is 2.44. The third-order valence-corrected chi connectivity index (χ3v) is 3.16. The second-order valence-electron chi connectivity index (χ2n) is 4.30. The summed E-state index contributed by atoms with van der Waals surface area (Å²) in [4.78, 5) is 0. The smallest absolute Gasteiger partial charge is 0.136 e. The molecule has 1 atom stereocenters. The molecule has 1 saturated heterocycles. The van der Waals surface area contributed by atoms with Gasteiger partial charge in [-0.1, -0.05) is 6.07 Å². The highest BCUT2D eigenvalue weighted by Gasteiger charge is 2.46. The van der Waals surface area contributed by atoms with Crippen molar-refractivity contribution in [1.29, 1.82) is 0 Å². The number of aliphatic hydroxyl groups excluding tert-OH is 1. The minimum absolute atomic E-state index is 0.113. The molecule has 15 heavy (non-hydrogen) atoms. The molecule has 0 saturated carbocycles. The van der Waals surface area contributed by atoms with Gasteiger partial charge in [-0.2, -0.15) is 0 Å². The molecule has 1 aromatic rings. The van der Waals surface area contributed by atoms with Gasteiger partial charge in [-0.3, -0.25) is 0 Å². The first-order chi connectivity index (χ1) is 7.20. The fourth-order valence-electron chi connectivity index (χ4n) is 2.31. The van der Waals surface area contributed by atoms with Crippen LogP contribution in [0.4, 0.5) is 0 Å². The number of nitrogens with one attached hydrogen (secondary N) is 1. The molecule has 0 aromatic heterocycles. The van der Waals surface area contributed by atoms with E-state index in [0.717, 1.165) is 13.1 Å². The maximum atomic E-state index is 9.98. The molecular weight excluding hydrogens is 194 g/mol. The van der Waals surface area contributed by atoms with Crippen LogP contribution in [0.2, 0.25) is 0 Å². The normalized spacial score (nSPS) is 26.6. The molecule has 1 aromatic carbocycles. The Balaban J connectivity index is 2.04. The van der Waals surface area contributed by atoms with Crippen molar-refractivity contribution in [2.24, 2.45) is 0 Å². The summed E-state index contributed by atoms with van der Waals surface area (Å²) in [6.45, 7) is 1.53. The minimum Gasteiger partial charge on any atom is -0.507 e. The Bertz CT molecular complexity index is 401. The van der Waals surface area contributed by atoms with Gasteiger partial charge in [0.25, 0.3) is 0 Å². The summed E-state index contributed by atoms with van der Waals surface area (Å²) in [5.74, 6) is 0.720. The molecule has 1 spiro atoms. The van der Waals surface area contributed by atoms with E-state index in [1.54, 1.807) is 18.2 Å². The average molecular weight is 207 g/mol. The summed E-state index contributed by atoms with van der Waals surface area (Å²) >= 11 is 0. The average Bonchev–Trinajstić information content (AvgIpc) is 2.14. The molecule has 3 N–H and O–H groups in total. The zero-order chi connectivity index (χ0) is 10.5. The molecule has 0 aliphatic carbocycles. The second-order valence-corrected chi connectivity index (χ2v) is 4.30. The van der Waals surface area contributed by atoms with Gasteiger partial charge in [0.2, 0.25) is 0 Å². The number of benzene rings is 1. The predicted molar refractivity (Wildman–Crippen MR) is 53.9 cm³/mol. The molecular formula is C11H13NO3. The number of hydrogen-bond donors (Lipinski definition) is 3. The Hall–Kier alpha value is -1.26. The van der Waals surface area contributed by atoms with E-state index >= 15 is 0 Å². The van der Waals surface area contributed by atoms with Gasteiger partial charge in [0.15, 0.2) is 0 Å². The van der Waals surface area contributed by atoms with Crippen molar-refractivity contribution in [2.75, 3.05) is 13.1 Å². The Morgan fingerprint density at radius 3 is 2.87 bits per heavy atom. The van der Waals surface area contributed by atoms with Gasteiger partial charge in [-0.15, -0.1) is 0 Å². The van der Waals surface area contributed by atoms with Crippen LogP contribution in [-0.2, 0) is 0 Å². The Morgan fingerprint density at radius 2 is 2.20 bits per heavy atom. The zero-order valence-electron chi connectivity index (χ0n) is 8.23. The van der Waals surface area contributed by atoms with Gasteiger partial charge in [-0.25, -0.2) is 0 Å². The Morgan fingerprint density at radius 1 is 1.40 bits per heavy atom. The maximum Gasteiger partial charge on any atom is 0.136 e. The van der Waals surface area contributed by atoms with Crippen molar-refractivity contribution in [1.82, 2.24) is 5.32 Å². The minimum atomic E-state index is -0.628. The van der Waals surface area contributed by atoms with E-state index in [4.69, 9.17) is 4.74 Å². The van der Waals surface area contributed by atoms with Gasteiger partial charge in [-0.05, 0) is 12.1 Å². The molecule has 3 rings (SSSR count). The topological polar surface area (TPSA) is 61.7 Å². The lowest BCUT2D eigenvalue weighted by atomic mass is 9.84. The van der Waals surface area contributed by atoms with Gasteiger partial charge in [0.05, 0.1) is 11.7 Å². The highest BCUT2D eigenvalue weighted by atomic mass is 16.5. The van der Waals surface area contributed by atoms with E-state index in [0.29, 0.717) is 17.7 Å². The van der Waals surface area contributed by atoms with E-state index < -0.39 is 6.10 Å². The van der Waals surface area contributed by atoms with Crippen LogP contribution in [-0.4, -0.2) is 28.9 Å². The first-order valence-electron chi connectivity index (χ1n) is 5.10. The van der Waals surface area contributed by atoms with E-state index in [1.165, 1.54) is 0 Å². The quantitative estimate of drug-likeness (QED) is 0.581.